The highest BCUT2D eigenvalue weighted by atomic mass is 32.2. The standard InChI is InChI=1S/C26H27N3OS/c1-17(2)13-22-21-9-5-6-10-24(21)29-26(23(22)15-27)31-16-25(30)28-20-12-11-18-7-3-4-8-19(18)14-20/h3-4,7-8,11-12,14,17H,5-6,9-10,13,16H2,1-2H3,(H,28,30). The van der Waals surface area contributed by atoms with Gasteiger partial charge in [-0.05, 0) is 72.1 Å². The van der Waals surface area contributed by atoms with E-state index in [1.165, 1.54) is 17.3 Å². The lowest BCUT2D eigenvalue weighted by molar-refractivity contribution is -0.113. The van der Waals surface area contributed by atoms with Gasteiger partial charge in [-0.25, -0.2) is 4.98 Å². The minimum absolute atomic E-state index is 0.0888. The van der Waals surface area contributed by atoms with Crippen LogP contribution in [0.3, 0.4) is 0 Å². The fourth-order valence-electron chi connectivity index (χ4n) is 4.25. The molecule has 0 unspecified atom stereocenters. The predicted molar refractivity (Wildman–Crippen MR) is 127 cm³/mol. The fraction of sp³-hybridized carbons (Fsp3) is 0.346. The van der Waals surface area contributed by atoms with Gasteiger partial charge in [0.15, 0.2) is 0 Å². The largest absolute Gasteiger partial charge is 0.325 e. The fourth-order valence-corrected chi connectivity index (χ4v) is 5.08. The van der Waals surface area contributed by atoms with Gasteiger partial charge < -0.3 is 5.32 Å². The van der Waals surface area contributed by atoms with Crippen molar-refractivity contribution in [1.82, 2.24) is 4.98 Å². The third kappa shape index (κ3) is 4.91. The highest BCUT2D eigenvalue weighted by Crippen LogP contribution is 2.33. The molecule has 4 nitrogen and oxygen atoms in total. The number of thioether (sulfide) groups is 1. The normalized spacial score (nSPS) is 13.1. The summed E-state index contributed by atoms with van der Waals surface area (Å²) in [4.78, 5) is 17.5. The zero-order valence-corrected chi connectivity index (χ0v) is 18.9. The monoisotopic (exact) mass is 429 g/mol. The minimum atomic E-state index is -0.0888. The molecule has 0 radical (unpaired) electrons. The first-order valence-corrected chi connectivity index (χ1v) is 11.9. The molecule has 4 rings (SSSR count). The number of nitriles is 1. The molecule has 31 heavy (non-hydrogen) atoms. The molecule has 1 N–H and O–H groups in total. The van der Waals surface area contributed by atoms with E-state index < -0.39 is 0 Å². The number of anilines is 1. The van der Waals surface area contributed by atoms with Gasteiger partial charge in [0.05, 0.1) is 11.3 Å². The maximum atomic E-state index is 12.6. The number of carbonyl (C=O) groups is 1. The SMILES string of the molecule is CC(C)Cc1c(C#N)c(SCC(=O)Nc2ccc3ccccc3c2)nc2c1CCCC2. The van der Waals surface area contributed by atoms with Gasteiger partial charge in [0.1, 0.15) is 11.1 Å². The molecule has 1 aliphatic rings. The van der Waals surface area contributed by atoms with Gasteiger partial charge in [0.25, 0.3) is 0 Å². The Kier molecular flexibility index (Phi) is 6.58. The van der Waals surface area contributed by atoms with E-state index in [1.807, 2.05) is 36.4 Å². The van der Waals surface area contributed by atoms with Gasteiger partial charge in [0.2, 0.25) is 5.91 Å². The molecule has 1 amide bonds. The number of amides is 1. The molecule has 2 aromatic carbocycles. The van der Waals surface area contributed by atoms with Gasteiger partial charge in [-0.1, -0.05) is 55.9 Å². The number of nitrogens with one attached hydrogen (secondary N) is 1. The molecule has 3 aromatic rings. The van der Waals surface area contributed by atoms with Crippen LogP contribution in [0, 0.1) is 17.2 Å². The second-order valence-electron chi connectivity index (χ2n) is 8.51. The van der Waals surface area contributed by atoms with E-state index in [4.69, 9.17) is 4.98 Å². The molecule has 1 aliphatic carbocycles. The number of benzene rings is 2. The van der Waals surface area contributed by atoms with E-state index in [1.54, 1.807) is 0 Å². The average Bonchev–Trinajstić information content (AvgIpc) is 2.77. The zero-order valence-electron chi connectivity index (χ0n) is 18.1. The zero-order chi connectivity index (χ0) is 21.8. The van der Waals surface area contributed by atoms with E-state index in [9.17, 15) is 10.1 Å². The summed E-state index contributed by atoms with van der Waals surface area (Å²) >= 11 is 1.37. The number of nitrogens with zero attached hydrogens (tertiary/aromatic N) is 2. The summed E-state index contributed by atoms with van der Waals surface area (Å²) < 4.78 is 0. The maximum Gasteiger partial charge on any atom is 0.234 e. The number of carbonyl (C=O) groups excluding carboxylic acids is 1. The summed E-state index contributed by atoms with van der Waals surface area (Å²) in [5, 5.41) is 15.8. The van der Waals surface area contributed by atoms with Gasteiger partial charge in [-0.15, -0.1) is 0 Å². The van der Waals surface area contributed by atoms with E-state index in [0.29, 0.717) is 16.5 Å². The van der Waals surface area contributed by atoms with Crippen LogP contribution in [-0.2, 0) is 24.1 Å². The minimum Gasteiger partial charge on any atom is -0.325 e. The Hall–Kier alpha value is -2.84. The molecule has 0 saturated heterocycles. The highest BCUT2D eigenvalue weighted by molar-refractivity contribution is 8.00. The Balaban J connectivity index is 1.53. The molecule has 1 heterocycles. The number of rotatable bonds is 6. The van der Waals surface area contributed by atoms with Crippen molar-refractivity contribution in [3.8, 4) is 6.07 Å². The molecule has 0 atom stereocenters. The highest BCUT2D eigenvalue weighted by Gasteiger charge is 2.23. The molecule has 0 fully saturated rings. The Labute approximate surface area is 188 Å². The number of aromatic nitrogens is 1. The first-order chi connectivity index (χ1) is 15.0. The van der Waals surface area contributed by atoms with Crippen molar-refractivity contribution in [3.05, 3.63) is 64.8 Å². The van der Waals surface area contributed by atoms with Crippen LogP contribution < -0.4 is 5.32 Å². The molecule has 158 valence electrons. The number of hydrogen-bond donors (Lipinski definition) is 1. The van der Waals surface area contributed by atoms with Crippen LogP contribution in [-0.4, -0.2) is 16.6 Å². The summed E-state index contributed by atoms with van der Waals surface area (Å²) in [5.74, 6) is 0.609. The Morgan fingerprint density at radius 3 is 2.71 bits per heavy atom. The van der Waals surface area contributed by atoms with Crippen LogP contribution in [0.2, 0.25) is 0 Å². The molecule has 1 aromatic heterocycles. The van der Waals surface area contributed by atoms with Crippen LogP contribution >= 0.6 is 11.8 Å². The van der Waals surface area contributed by atoms with Crippen molar-refractivity contribution in [1.29, 1.82) is 5.26 Å². The van der Waals surface area contributed by atoms with E-state index in [-0.39, 0.29) is 11.7 Å². The van der Waals surface area contributed by atoms with Crippen LogP contribution in [0.25, 0.3) is 10.8 Å². The van der Waals surface area contributed by atoms with Crippen LogP contribution in [0.1, 0.15) is 49.1 Å². The first kappa shape index (κ1) is 21.4. The second kappa shape index (κ2) is 9.53. The third-order valence-corrected chi connectivity index (χ3v) is 6.63. The van der Waals surface area contributed by atoms with Crippen LogP contribution in [0.5, 0.6) is 0 Å². The lowest BCUT2D eigenvalue weighted by Crippen LogP contribution is -2.16. The van der Waals surface area contributed by atoms with Gasteiger partial charge >= 0.3 is 0 Å². The Morgan fingerprint density at radius 1 is 1.16 bits per heavy atom. The molecular formula is C26H27N3OS. The summed E-state index contributed by atoms with van der Waals surface area (Å²) in [6.45, 7) is 4.36. The third-order valence-electron chi connectivity index (χ3n) is 5.65. The molecule has 0 saturated carbocycles. The van der Waals surface area contributed by atoms with Crippen molar-refractivity contribution in [2.45, 2.75) is 51.0 Å². The van der Waals surface area contributed by atoms with E-state index in [2.05, 4.69) is 31.3 Å². The predicted octanol–water partition coefficient (Wildman–Crippen LogP) is 5.91. The maximum absolute atomic E-state index is 12.6. The average molecular weight is 430 g/mol. The molecule has 0 bridgehead atoms. The van der Waals surface area contributed by atoms with Crippen molar-refractivity contribution in [2.24, 2.45) is 5.92 Å². The summed E-state index contributed by atoms with van der Waals surface area (Å²) in [7, 11) is 0. The molecule has 0 spiro atoms. The smallest absolute Gasteiger partial charge is 0.234 e. The molecule has 0 aliphatic heterocycles. The number of pyridine rings is 1. The van der Waals surface area contributed by atoms with Crippen molar-refractivity contribution < 1.29 is 4.79 Å². The van der Waals surface area contributed by atoms with Crippen molar-refractivity contribution in [3.63, 3.8) is 0 Å². The quantitative estimate of drug-likeness (QED) is 0.494. The van der Waals surface area contributed by atoms with E-state index >= 15 is 0 Å². The lowest BCUT2D eigenvalue weighted by atomic mass is 9.87. The van der Waals surface area contributed by atoms with E-state index in [0.717, 1.165) is 59.8 Å². The van der Waals surface area contributed by atoms with Crippen molar-refractivity contribution in [2.75, 3.05) is 11.1 Å². The van der Waals surface area contributed by atoms with Gasteiger partial charge in [-0.3, -0.25) is 4.79 Å². The topological polar surface area (TPSA) is 65.8 Å². The second-order valence-corrected chi connectivity index (χ2v) is 9.48. The van der Waals surface area contributed by atoms with Gasteiger partial charge in [-0.2, -0.15) is 5.26 Å². The number of hydrogen-bond acceptors (Lipinski definition) is 4. The summed E-state index contributed by atoms with van der Waals surface area (Å²) in [5.41, 5.74) is 5.00. The molecular weight excluding hydrogens is 402 g/mol. The summed E-state index contributed by atoms with van der Waals surface area (Å²) in [6.07, 6.45) is 5.14. The first-order valence-electron chi connectivity index (χ1n) is 10.9. The molecule has 5 heteroatoms. The van der Waals surface area contributed by atoms with Crippen LogP contribution in [0.4, 0.5) is 5.69 Å². The van der Waals surface area contributed by atoms with Crippen LogP contribution in [0.15, 0.2) is 47.5 Å². The number of aryl methyl sites for hydroxylation is 1. The lowest BCUT2D eigenvalue weighted by Gasteiger charge is -2.22. The van der Waals surface area contributed by atoms with Crippen molar-refractivity contribution >= 4 is 34.1 Å². The Morgan fingerprint density at radius 2 is 1.94 bits per heavy atom. The van der Waals surface area contributed by atoms with Gasteiger partial charge in [0, 0.05) is 11.4 Å². The summed E-state index contributed by atoms with van der Waals surface area (Å²) in [6, 6.07) is 16.4. The number of fused-ring (bicyclic) bond motifs is 2. The Bertz CT molecular complexity index is 1160.